The smallest absolute Gasteiger partial charge is 0.252 e. The van der Waals surface area contributed by atoms with E-state index in [1.54, 1.807) is 11.3 Å². The first-order chi connectivity index (χ1) is 9.79. The first kappa shape index (κ1) is 14.1. The van der Waals surface area contributed by atoms with Gasteiger partial charge in [0, 0.05) is 28.8 Å². The van der Waals surface area contributed by atoms with Gasteiger partial charge in [-0.3, -0.25) is 4.79 Å². The number of aliphatic hydroxyl groups excluding tert-OH is 1. The molecule has 2 N–H and O–H groups in total. The van der Waals surface area contributed by atoms with Crippen molar-refractivity contribution >= 4 is 17.2 Å². The summed E-state index contributed by atoms with van der Waals surface area (Å²) in [5, 5.41) is 14.7. The van der Waals surface area contributed by atoms with Crippen molar-refractivity contribution in [2.75, 3.05) is 6.61 Å². The molecule has 0 aromatic carbocycles. The van der Waals surface area contributed by atoms with E-state index in [1.165, 1.54) is 29.7 Å². The number of aryl methyl sites for hydroxylation is 1. The van der Waals surface area contributed by atoms with Crippen LogP contribution in [-0.2, 0) is 12.8 Å². The number of fused-ring (bicyclic) bond motifs is 1. The van der Waals surface area contributed by atoms with Crippen molar-refractivity contribution in [2.45, 2.75) is 57.4 Å². The Bertz CT molecular complexity index is 483. The van der Waals surface area contributed by atoms with Crippen LogP contribution in [0.4, 0.5) is 0 Å². The molecule has 1 heterocycles. The third kappa shape index (κ3) is 2.77. The number of nitrogens with one attached hydrogen (secondary N) is 1. The van der Waals surface area contributed by atoms with E-state index in [9.17, 15) is 9.90 Å². The van der Waals surface area contributed by atoms with E-state index in [0.717, 1.165) is 37.7 Å². The molecule has 20 heavy (non-hydrogen) atoms. The van der Waals surface area contributed by atoms with Crippen molar-refractivity contribution in [3.05, 3.63) is 21.4 Å². The molecule has 0 radical (unpaired) electrons. The molecule has 1 aromatic heterocycles. The maximum absolute atomic E-state index is 12.5. The SMILES string of the molecule is O=C(NC1CCCCC1CO)c1csc2c1CCCC2. The van der Waals surface area contributed by atoms with Crippen LogP contribution >= 0.6 is 11.3 Å². The summed E-state index contributed by atoms with van der Waals surface area (Å²) in [7, 11) is 0. The number of aliphatic hydroxyl groups is 1. The van der Waals surface area contributed by atoms with Crippen LogP contribution in [-0.4, -0.2) is 23.7 Å². The van der Waals surface area contributed by atoms with Gasteiger partial charge in [-0.05, 0) is 44.1 Å². The molecule has 2 atom stereocenters. The largest absolute Gasteiger partial charge is 0.396 e. The standard InChI is InChI=1S/C16H23NO2S/c18-9-11-5-1-3-7-14(11)17-16(19)13-10-20-15-8-4-2-6-12(13)15/h10-11,14,18H,1-9H2,(H,17,19). The van der Waals surface area contributed by atoms with Crippen LogP contribution in [0, 0.1) is 5.92 Å². The maximum Gasteiger partial charge on any atom is 0.252 e. The third-order valence-corrected chi connectivity index (χ3v) is 5.85. The zero-order valence-corrected chi connectivity index (χ0v) is 12.7. The van der Waals surface area contributed by atoms with Gasteiger partial charge >= 0.3 is 0 Å². The highest BCUT2D eigenvalue weighted by Crippen LogP contribution is 2.31. The normalized spacial score (nSPS) is 26.1. The lowest BCUT2D eigenvalue weighted by Crippen LogP contribution is -2.43. The molecule has 0 saturated heterocycles. The molecule has 1 amide bonds. The van der Waals surface area contributed by atoms with Crippen molar-refractivity contribution in [3.63, 3.8) is 0 Å². The Morgan fingerprint density at radius 2 is 2.05 bits per heavy atom. The first-order valence-electron chi connectivity index (χ1n) is 7.80. The number of hydrogen-bond donors (Lipinski definition) is 2. The van der Waals surface area contributed by atoms with Crippen molar-refractivity contribution < 1.29 is 9.90 Å². The fraction of sp³-hybridized carbons (Fsp3) is 0.688. The van der Waals surface area contributed by atoms with Gasteiger partial charge < -0.3 is 10.4 Å². The highest BCUT2D eigenvalue weighted by molar-refractivity contribution is 7.10. The van der Waals surface area contributed by atoms with Gasteiger partial charge in [0.2, 0.25) is 0 Å². The lowest BCUT2D eigenvalue weighted by atomic mass is 9.85. The van der Waals surface area contributed by atoms with E-state index < -0.39 is 0 Å². The quantitative estimate of drug-likeness (QED) is 0.900. The Morgan fingerprint density at radius 1 is 1.25 bits per heavy atom. The number of carbonyl (C=O) groups is 1. The van der Waals surface area contributed by atoms with Crippen LogP contribution in [0.2, 0.25) is 0 Å². The molecule has 0 aliphatic heterocycles. The van der Waals surface area contributed by atoms with E-state index in [-0.39, 0.29) is 24.5 Å². The van der Waals surface area contributed by atoms with Gasteiger partial charge in [0.15, 0.2) is 0 Å². The third-order valence-electron chi connectivity index (χ3n) is 4.77. The summed E-state index contributed by atoms with van der Waals surface area (Å²) in [6, 6.07) is 0.153. The second kappa shape index (κ2) is 6.27. The highest BCUT2D eigenvalue weighted by atomic mass is 32.1. The van der Waals surface area contributed by atoms with Crippen molar-refractivity contribution in [2.24, 2.45) is 5.92 Å². The summed E-state index contributed by atoms with van der Waals surface area (Å²) in [6.07, 6.45) is 9.00. The van der Waals surface area contributed by atoms with Gasteiger partial charge in [-0.15, -0.1) is 11.3 Å². The molecule has 2 aliphatic carbocycles. The van der Waals surface area contributed by atoms with Crippen molar-refractivity contribution in [1.82, 2.24) is 5.32 Å². The monoisotopic (exact) mass is 293 g/mol. The van der Waals surface area contributed by atoms with Crippen LogP contribution in [0.1, 0.15) is 59.3 Å². The van der Waals surface area contributed by atoms with Crippen LogP contribution in [0.15, 0.2) is 5.38 Å². The Balaban J connectivity index is 1.71. The molecule has 0 spiro atoms. The Hall–Kier alpha value is -0.870. The van der Waals surface area contributed by atoms with E-state index in [1.807, 2.05) is 5.38 Å². The molecule has 2 aliphatic rings. The predicted octanol–water partition coefficient (Wildman–Crippen LogP) is 2.91. The number of rotatable bonds is 3. The van der Waals surface area contributed by atoms with Crippen LogP contribution < -0.4 is 5.32 Å². The number of hydrogen-bond acceptors (Lipinski definition) is 3. The second-order valence-electron chi connectivity index (χ2n) is 6.07. The van der Waals surface area contributed by atoms with Crippen molar-refractivity contribution in [3.8, 4) is 0 Å². The summed E-state index contributed by atoms with van der Waals surface area (Å²) >= 11 is 1.74. The van der Waals surface area contributed by atoms with Gasteiger partial charge in [-0.25, -0.2) is 0 Å². The molecule has 1 saturated carbocycles. The Kier molecular flexibility index (Phi) is 4.41. The highest BCUT2D eigenvalue weighted by Gasteiger charge is 2.28. The van der Waals surface area contributed by atoms with E-state index in [4.69, 9.17) is 0 Å². The fourth-order valence-corrected chi connectivity index (χ4v) is 4.67. The van der Waals surface area contributed by atoms with Crippen molar-refractivity contribution in [1.29, 1.82) is 0 Å². The molecular weight excluding hydrogens is 270 g/mol. The summed E-state index contributed by atoms with van der Waals surface area (Å²) in [6.45, 7) is 0.187. The molecule has 3 rings (SSSR count). The molecule has 110 valence electrons. The van der Waals surface area contributed by atoms with Crippen LogP contribution in [0.25, 0.3) is 0 Å². The maximum atomic E-state index is 12.5. The van der Waals surface area contributed by atoms with E-state index in [2.05, 4.69) is 5.32 Å². The average molecular weight is 293 g/mol. The van der Waals surface area contributed by atoms with Gasteiger partial charge in [0.1, 0.15) is 0 Å². The summed E-state index contributed by atoms with van der Waals surface area (Å²) < 4.78 is 0. The van der Waals surface area contributed by atoms with Crippen LogP contribution in [0.5, 0.6) is 0 Å². The Labute approximate surface area is 124 Å². The molecule has 2 unspecified atom stereocenters. The average Bonchev–Trinajstić information content (AvgIpc) is 2.92. The predicted molar refractivity (Wildman–Crippen MR) is 81.3 cm³/mol. The van der Waals surface area contributed by atoms with E-state index >= 15 is 0 Å². The van der Waals surface area contributed by atoms with Crippen LogP contribution in [0.3, 0.4) is 0 Å². The zero-order valence-electron chi connectivity index (χ0n) is 11.9. The minimum Gasteiger partial charge on any atom is -0.396 e. The van der Waals surface area contributed by atoms with Gasteiger partial charge in [-0.2, -0.15) is 0 Å². The lowest BCUT2D eigenvalue weighted by molar-refractivity contribution is 0.0872. The number of thiophene rings is 1. The van der Waals surface area contributed by atoms with E-state index in [0.29, 0.717) is 0 Å². The summed E-state index contributed by atoms with van der Waals surface area (Å²) in [5.41, 5.74) is 2.18. The molecule has 1 aromatic rings. The Morgan fingerprint density at radius 3 is 2.90 bits per heavy atom. The fourth-order valence-electron chi connectivity index (χ4n) is 3.55. The van der Waals surface area contributed by atoms with Gasteiger partial charge in [0.05, 0.1) is 5.56 Å². The van der Waals surface area contributed by atoms with Gasteiger partial charge in [-0.1, -0.05) is 12.8 Å². The zero-order chi connectivity index (χ0) is 13.9. The van der Waals surface area contributed by atoms with Gasteiger partial charge in [0.25, 0.3) is 5.91 Å². The molecule has 1 fully saturated rings. The molecule has 3 nitrogen and oxygen atoms in total. The minimum atomic E-state index is 0.0785. The molecule has 0 bridgehead atoms. The molecular formula is C16H23NO2S. The summed E-state index contributed by atoms with van der Waals surface area (Å²) in [4.78, 5) is 13.9. The number of carbonyl (C=O) groups excluding carboxylic acids is 1. The topological polar surface area (TPSA) is 49.3 Å². The second-order valence-corrected chi connectivity index (χ2v) is 7.03. The number of amides is 1. The lowest BCUT2D eigenvalue weighted by Gasteiger charge is -2.31. The first-order valence-corrected chi connectivity index (χ1v) is 8.68. The molecule has 4 heteroatoms. The summed E-state index contributed by atoms with van der Waals surface area (Å²) in [5.74, 6) is 0.317. The minimum absolute atomic E-state index is 0.0785.